The molecule has 116 valence electrons. The molecule has 6 nitrogen and oxygen atoms in total. The SMILES string of the molecule is C=CCn1c(-c2ccccn2)nnc1N1CCCOC(C)C1. The molecular formula is C16H21N5O. The third kappa shape index (κ3) is 3.01. The van der Waals surface area contributed by atoms with E-state index < -0.39 is 0 Å². The fourth-order valence-electron chi connectivity index (χ4n) is 2.69. The minimum Gasteiger partial charge on any atom is -0.377 e. The van der Waals surface area contributed by atoms with Crippen molar-refractivity contribution in [3.05, 3.63) is 37.1 Å². The Morgan fingerprint density at radius 2 is 2.32 bits per heavy atom. The second-order valence-corrected chi connectivity index (χ2v) is 5.42. The maximum Gasteiger partial charge on any atom is 0.227 e. The smallest absolute Gasteiger partial charge is 0.227 e. The van der Waals surface area contributed by atoms with Crippen molar-refractivity contribution < 1.29 is 4.74 Å². The zero-order valence-electron chi connectivity index (χ0n) is 12.9. The van der Waals surface area contributed by atoms with Crippen LogP contribution in [0.25, 0.3) is 11.5 Å². The standard InChI is InChI=1S/C16H21N5O/c1-3-9-21-15(14-7-4-5-8-17-14)18-19-16(21)20-10-6-11-22-13(2)12-20/h3-5,7-8,13H,1,6,9-12H2,2H3. The van der Waals surface area contributed by atoms with Crippen molar-refractivity contribution in [3.63, 3.8) is 0 Å². The molecule has 0 radical (unpaired) electrons. The highest BCUT2D eigenvalue weighted by molar-refractivity contribution is 5.53. The predicted molar refractivity (Wildman–Crippen MR) is 85.7 cm³/mol. The molecule has 1 atom stereocenters. The first-order valence-corrected chi connectivity index (χ1v) is 7.61. The van der Waals surface area contributed by atoms with Crippen LogP contribution < -0.4 is 4.90 Å². The molecule has 3 rings (SSSR count). The molecule has 2 aromatic rings. The lowest BCUT2D eigenvalue weighted by Crippen LogP contribution is -2.32. The lowest BCUT2D eigenvalue weighted by molar-refractivity contribution is 0.0819. The van der Waals surface area contributed by atoms with Crippen LogP contribution in [-0.2, 0) is 11.3 Å². The summed E-state index contributed by atoms with van der Waals surface area (Å²) in [6.07, 6.45) is 4.81. The van der Waals surface area contributed by atoms with Gasteiger partial charge in [0.05, 0.1) is 6.10 Å². The normalized spacial score (nSPS) is 19.0. The Labute approximate surface area is 130 Å². The Balaban J connectivity index is 1.97. The summed E-state index contributed by atoms with van der Waals surface area (Å²) in [5.74, 6) is 1.63. The minimum atomic E-state index is 0.190. The fraction of sp³-hybridized carbons (Fsp3) is 0.438. The number of rotatable bonds is 4. The number of hydrogen-bond acceptors (Lipinski definition) is 5. The zero-order chi connectivity index (χ0) is 15.4. The minimum absolute atomic E-state index is 0.190. The van der Waals surface area contributed by atoms with E-state index in [4.69, 9.17) is 4.74 Å². The van der Waals surface area contributed by atoms with E-state index in [1.54, 1.807) is 6.20 Å². The van der Waals surface area contributed by atoms with Crippen LogP contribution in [0.4, 0.5) is 5.95 Å². The summed E-state index contributed by atoms with van der Waals surface area (Å²) in [6, 6.07) is 5.80. The lowest BCUT2D eigenvalue weighted by Gasteiger charge is -2.23. The molecule has 0 N–H and O–H groups in total. The van der Waals surface area contributed by atoms with Crippen LogP contribution >= 0.6 is 0 Å². The van der Waals surface area contributed by atoms with Crippen molar-refractivity contribution in [2.45, 2.75) is 26.0 Å². The summed E-state index contributed by atoms with van der Waals surface area (Å²) in [5, 5.41) is 8.76. The summed E-state index contributed by atoms with van der Waals surface area (Å²) >= 11 is 0. The molecule has 0 saturated carbocycles. The quantitative estimate of drug-likeness (QED) is 0.810. The topological polar surface area (TPSA) is 56.1 Å². The van der Waals surface area contributed by atoms with E-state index in [9.17, 15) is 0 Å². The van der Waals surface area contributed by atoms with Gasteiger partial charge in [0.25, 0.3) is 0 Å². The molecule has 0 aromatic carbocycles. The summed E-state index contributed by atoms with van der Waals surface area (Å²) in [5.41, 5.74) is 0.822. The Bertz CT molecular complexity index is 625. The van der Waals surface area contributed by atoms with Gasteiger partial charge in [0.2, 0.25) is 5.95 Å². The summed E-state index contributed by atoms with van der Waals surface area (Å²) < 4.78 is 7.78. The predicted octanol–water partition coefficient (Wildman–Crippen LogP) is 2.14. The highest BCUT2D eigenvalue weighted by Crippen LogP contribution is 2.22. The van der Waals surface area contributed by atoms with Gasteiger partial charge in [-0.3, -0.25) is 9.55 Å². The number of ether oxygens (including phenoxy) is 1. The Morgan fingerprint density at radius 3 is 3.09 bits per heavy atom. The molecular weight excluding hydrogens is 278 g/mol. The fourth-order valence-corrected chi connectivity index (χ4v) is 2.69. The number of hydrogen-bond donors (Lipinski definition) is 0. The molecule has 0 spiro atoms. The summed E-state index contributed by atoms with van der Waals surface area (Å²) in [4.78, 5) is 6.62. The maximum absolute atomic E-state index is 5.71. The van der Waals surface area contributed by atoms with Crippen molar-refractivity contribution in [2.75, 3.05) is 24.6 Å². The monoisotopic (exact) mass is 299 g/mol. The molecule has 0 aliphatic carbocycles. The van der Waals surface area contributed by atoms with Crippen LogP contribution in [0.3, 0.4) is 0 Å². The van der Waals surface area contributed by atoms with Gasteiger partial charge in [0, 0.05) is 32.4 Å². The molecule has 3 heterocycles. The number of aromatic nitrogens is 4. The molecule has 1 aliphatic heterocycles. The molecule has 1 fully saturated rings. The molecule has 2 aromatic heterocycles. The van der Waals surface area contributed by atoms with Crippen LogP contribution in [0.15, 0.2) is 37.1 Å². The summed E-state index contributed by atoms with van der Waals surface area (Å²) in [6.45, 7) is 9.12. The van der Waals surface area contributed by atoms with Gasteiger partial charge in [-0.15, -0.1) is 16.8 Å². The lowest BCUT2D eigenvalue weighted by atomic mass is 10.3. The molecule has 1 unspecified atom stereocenters. The first kappa shape index (κ1) is 14.7. The Morgan fingerprint density at radius 1 is 1.41 bits per heavy atom. The van der Waals surface area contributed by atoms with E-state index in [0.29, 0.717) is 6.54 Å². The van der Waals surface area contributed by atoms with E-state index in [1.807, 2.05) is 24.3 Å². The van der Waals surface area contributed by atoms with E-state index in [2.05, 4.69) is 38.2 Å². The third-order valence-corrected chi connectivity index (χ3v) is 3.67. The van der Waals surface area contributed by atoms with Gasteiger partial charge in [-0.1, -0.05) is 12.1 Å². The van der Waals surface area contributed by atoms with Gasteiger partial charge in [-0.2, -0.15) is 0 Å². The van der Waals surface area contributed by atoms with Crippen LogP contribution in [-0.4, -0.2) is 45.5 Å². The number of anilines is 1. The Kier molecular flexibility index (Phi) is 4.48. The first-order chi connectivity index (χ1) is 10.8. The van der Waals surface area contributed by atoms with Crippen LogP contribution in [0.5, 0.6) is 0 Å². The van der Waals surface area contributed by atoms with Gasteiger partial charge in [-0.05, 0) is 25.5 Å². The van der Waals surface area contributed by atoms with Gasteiger partial charge in [0.15, 0.2) is 5.82 Å². The van der Waals surface area contributed by atoms with Crippen molar-refractivity contribution in [3.8, 4) is 11.5 Å². The number of nitrogens with zero attached hydrogens (tertiary/aromatic N) is 5. The summed E-state index contributed by atoms with van der Waals surface area (Å²) in [7, 11) is 0. The van der Waals surface area contributed by atoms with Gasteiger partial charge < -0.3 is 9.64 Å². The van der Waals surface area contributed by atoms with E-state index >= 15 is 0 Å². The second-order valence-electron chi connectivity index (χ2n) is 5.42. The highest BCUT2D eigenvalue weighted by atomic mass is 16.5. The van der Waals surface area contributed by atoms with Crippen molar-refractivity contribution in [2.24, 2.45) is 0 Å². The molecule has 1 aliphatic rings. The van der Waals surface area contributed by atoms with Crippen LogP contribution in [0.2, 0.25) is 0 Å². The van der Waals surface area contributed by atoms with E-state index in [0.717, 1.165) is 43.6 Å². The zero-order valence-corrected chi connectivity index (χ0v) is 12.9. The Hall–Kier alpha value is -2.21. The van der Waals surface area contributed by atoms with Crippen molar-refractivity contribution in [1.82, 2.24) is 19.7 Å². The first-order valence-electron chi connectivity index (χ1n) is 7.61. The van der Waals surface area contributed by atoms with Crippen LogP contribution in [0, 0.1) is 0 Å². The van der Waals surface area contributed by atoms with Gasteiger partial charge >= 0.3 is 0 Å². The molecule has 0 bridgehead atoms. The van der Waals surface area contributed by atoms with Crippen molar-refractivity contribution >= 4 is 5.95 Å². The van der Waals surface area contributed by atoms with Gasteiger partial charge in [0.1, 0.15) is 5.69 Å². The molecule has 6 heteroatoms. The molecule has 0 amide bonds. The second kappa shape index (κ2) is 6.70. The van der Waals surface area contributed by atoms with E-state index in [1.165, 1.54) is 0 Å². The highest BCUT2D eigenvalue weighted by Gasteiger charge is 2.22. The average Bonchev–Trinajstić information content (AvgIpc) is 2.83. The van der Waals surface area contributed by atoms with Crippen LogP contribution in [0.1, 0.15) is 13.3 Å². The van der Waals surface area contributed by atoms with E-state index in [-0.39, 0.29) is 6.10 Å². The van der Waals surface area contributed by atoms with Crippen molar-refractivity contribution in [1.29, 1.82) is 0 Å². The maximum atomic E-state index is 5.71. The third-order valence-electron chi connectivity index (χ3n) is 3.67. The molecule has 22 heavy (non-hydrogen) atoms. The average molecular weight is 299 g/mol. The largest absolute Gasteiger partial charge is 0.377 e. The number of pyridine rings is 1. The molecule has 1 saturated heterocycles. The van der Waals surface area contributed by atoms with Gasteiger partial charge in [-0.25, -0.2) is 0 Å². The number of allylic oxidation sites excluding steroid dienone is 1.